The highest BCUT2D eigenvalue weighted by molar-refractivity contribution is 7.92. The Kier molecular flexibility index (Phi) is 5.01. The minimum Gasteiger partial charge on any atom is -0.325 e. The third-order valence-electron chi connectivity index (χ3n) is 3.22. The molecule has 110 valence electrons. The first-order valence-electron chi connectivity index (χ1n) is 6.45. The van der Waals surface area contributed by atoms with Crippen LogP contribution in [0.3, 0.4) is 0 Å². The van der Waals surface area contributed by atoms with Crippen molar-refractivity contribution in [3.05, 3.63) is 29.3 Å². The van der Waals surface area contributed by atoms with Crippen LogP contribution in [0.1, 0.15) is 12.8 Å². The third kappa shape index (κ3) is 4.19. The van der Waals surface area contributed by atoms with E-state index >= 15 is 0 Å². The largest absolute Gasteiger partial charge is 0.325 e. The highest BCUT2D eigenvalue weighted by Crippen LogP contribution is 2.15. The Balaban J connectivity index is 1.94. The molecular weight excluding hydrogens is 300 g/mol. The molecule has 0 bridgehead atoms. The van der Waals surface area contributed by atoms with Crippen molar-refractivity contribution in [2.75, 3.05) is 24.2 Å². The molecule has 1 aromatic rings. The first kappa shape index (κ1) is 15.3. The molecule has 1 heterocycles. The van der Waals surface area contributed by atoms with Gasteiger partial charge in [0.05, 0.1) is 5.25 Å². The van der Waals surface area contributed by atoms with Crippen LogP contribution in [0.5, 0.6) is 0 Å². The number of amides is 1. The van der Waals surface area contributed by atoms with Crippen LogP contribution >= 0.6 is 11.6 Å². The van der Waals surface area contributed by atoms with Gasteiger partial charge in [-0.15, -0.1) is 0 Å². The summed E-state index contributed by atoms with van der Waals surface area (Å²) in [5, 5.41) is 5.71. The summed E-state index contributed by atoms with van der Waals surface area (Å²) >= 11 is 5.74. The maximum absolute atomic E-state index is 12.1. The predicted molar refractivity (Wildman–Crippen MR) is 79.8 cm³/mol. The predicted octanol–water partition coefficient (Wildman–Crippen LogP) is 1.45. The first-order chi connectivity index (χ1) is 9.47. The molecule has 1 aliphatic heterocycles. The number of carbonyl (C=O) groups is 1. The van der Waals surface area contributed by atoms with Crippen molar-refractivity contribution in [3.63, 3.8) is 0 Å². The number of carbonyl (C=O) groups excluding carboxylic acids is 1. The van der Waals surface area contributed by atoms with Crippen molar-refractivity contribution >= 4 is 33.0 Å². The van der Waals surface area contributed by atoms with Gasteiger partial charge in [0, 0.05) is 17.3 Å². The zero-order valence-corrected chi connectivity index (χ0v) is 12.5. The first-order valence-corrected chi connectivity index (χ1v) is 8.54. The third-order valence-corrected chi connectivity index (χ3v) is 5.55. The molecule has 7 heteroatoms. The Hall–Kier alpha value is -1.11. The molecule has 1 atom stereocenters. The second-order valence-corrected chi connectivity index (χ2v) is 7.55. The van der Waals surface area contributed by atoms with Crippen LogP contribution in [0.2, 0.25) is 5.02 Å². The quantitative estimate of drug-likeness (QED) is 0.881. The maximum atomic E-state index is 12.1. The van der Waals surface area contributed by atoms with E-state index in [1.54, 1.807) is 24.3 Å². The minimum absolute atomic E-state index is 0.427. The van der Waals surface area contributed by atoms with Crippen LogP contribution in [0, 0.1) is 0 Å². The van der Waals surface area contributed by atoms with Crippen LogP contribution in [-0.4, -0.2) is 38.4 Å². The molecule has 0 aromatic heterocycles. The van der Waals surface area contributed by atoms with Gasteiger partial charge in [0.15, 0.2) is 9.84 Å². The van der Waals surface area contributed by atoms with Crippen molar-refractivity contribution in [1.29, 1.82) is 0 Å². The Labute approximate surface area is 123 Å². The van der Waals surface area contributed by atoms with E-state index in [2.05, 4.69) is 10.6 Å². The number of anilines is 1. The number of hydrogen-bond acceptors (Lipinski definition) is 4. The number of halogens is 1. The lowest BCUT2D eigenvalue weighted by Gasteiger charge is -2.22. The molecule has 1 fully saturated rings. The zero-order chi connectivity index (χ0) is 14.6. The maximum Gasteiger partial charge on any atom is 0.239 e. The number of piperidine rings is 1. The van der Waals surface area contributed by atoms with Crippen LogP contribution in [0.4, 0.5) is 5.69 Å². The highest BCUT2D eigenvalue weighted by Gasteiger charge is 2.29. The fourth-order valence-electron chi connectivity index (χ4n) is 2.16. The number of nitrogens with one attached hydrogen (secondary N) is 2. The van der Waals surface area contributed by atoms with E-state index in [0.29, 0.717) is 23.7 Å². The second kappa shape index (κ2) is 6.56. The van der Waals surface area contributed by atoms with E-state index in [9.17, 15) is 13.2 Å². The molecular formula is C13H17ClN2O3S. The summed E-state index contributed by atoms with van der Waals surface area (Å²) in [6.07, 6.45) is 1.44. The van der Waals surface area contributed by atoms with Gasteiger partial charge in [-0.25, -0.2) is 8.42 Å². The summed E-state index contributed by atoms with van der Waals surface area (Å²) in [4.78, 5) is 11.8. The van der Waals surface area contributed by atoms with E-state index in [4.69, 9.17) is 11.6 Å². The van der Waals surface area contributed by atoms with Crippen LogP contribution in [0.15, 0.2) is 24.3 Å². The smallest absolute Gasteiger partial charge is 0.239 e. The Bertz CT molecular complexity index is 566. The highest BCUT2D eigenvalue weighted by atomic mass is 35.5. The minimum atomic E-state index is -3.41. The van der Waals surface area contributed by atoms with Gasteiger partial charge in [-0.2, -0.15) is 0 Å². The summed E-state index contributed by atoms with van der Waals surface area (Å²) in [6, 6.07) is 6.54. The van der Waals surface area contributed by atoms with Gasteiger partial charge < -0.3 is 10.6 Å². The van der Waals surface area contributed by atoms with Crippen molar-refractivity contribution in [2.45, 2.75) is 18.1 Å². The molecule has 0 radical (unpaired) electrons. The molecule has 0 spiro atoms. The Morgan fingerprint density at radius 2 is 2.05 bits per heavy atom. The van der Waals surface area contributed by atoms with Crippen molar-refractivity contribution in [3.8, 4) is 0 Å². The molecule has 20 heavy (non-hydrogen) atoms. The van der Waals surface area contributed by atoms with Gasteiger partial charge in [0.1, 0.15) is 5.75 Å². The molecule has 1 aromatic carbocycles. The fraction of sp³-hybridized carbons (Fsp3) is 0.462. The van der Waals surface area contributed by atoms with Gasteiger partial charge in [-0.05, 0) is 43.7 Å². The average Bonchev–Trinajstić information content (AvgIpc) is 2.42. The van der Waals surface area contributed by atoms with Crippen molar-refractivity contribution < 1.29 is 13.2 Å². The van der Waals surface area contributed by atoms with Crippen LogP contribution < -0.4 is 10.6 Å². The summed E-state index contributed by atoms with van der Waals surface area (Å²) in [6.45, 7) is 1.26. The van der Waals surface area contributed by atoms with Gasteiger partial charge in [-0.3, -0.25) is 4.79 Å². The Morgan fingerprint density at radius 1 is 1.35 bits per heavy atom. The van der Waals surface area contributed by atoms with E-state index in [0.717, 1.165) is 13.0 Å². The van der Waals surface area contributed by atoms with Crippen molar-refractivity contribution in [2.24, 2.45) is 0 Å². The van der Waals surface area contributed by atoms with Gasteiger partial charge in [0.2, 0.25) is 5.91 Å². The normalized spacial score (nSPS) is 19.6. The Morgan fingerprint density at radius 3 is 2.65 bits per heavy atom. The molecule has 5 nitrogen and oxygen atoms in total. The summed E-state index contributed by atoms with van der Waals surface area (Å²) in [5.74, 6) is -1.000. The molecule has 1 saturated heterocycles. The average molecular weight is 317 g/mol. The number of hydrogen-bond donors (Lipinski definition) is 2. The van der Waals surface area contributed by atoms with Gasteiger partial charge >= 0.3 is 0 Å². The molecule has 2 N–H and O–H groups in total. The molecule has 1 aliphatic rings. The topological polar surface area (TPSA) is 75.3 Å². The molecule has 0 aliphatic carbocycles. The zero-order valence-electron chi connectivity index (χ0n) is 10.9. The van der Waals surface area contributed by atoms with E-state index in [1.807, 2.05) is 0 Å². The molecule has 0 saturated carbocycles. The van der Waals surface area contributed by atoms with Gasteiger partial charge in [-0.1, -0.05) is 11.6 Å². The van der Waals surface area contributed by atoms with E-state index in [-0.39, 0.29) is 0 Å². The van der Waals surface area contributed by atoms with E-state index < -0.39 is 26.7 Å². The summed E-state index contributed by atoms with van der Waals surface area (Å²) < 4.78 is 24.2. The standard InChI is InChI=1S/C13H17ClN2O3S/c14-10-3-5-11(6-4-10)16-13(17)9-20(18,19)12-2-1-7-15-8-12/h3-6,12,15H,1-2,7-9H2,(H,16,17). The molecule has 2 rings (SSSR count). The summed E-state index contributed by atoms with van der Waals surface area (Å²) in [5.41, 5.74) is 0.538. The lowest BCUT2D eigenvalue weighted by molar-refractivity contribution is -0.113. The molecule has 1 unspecified atom stereocenters. The fourth-order valence-corrected chi connectivity index (χ4v) is 3.85. The second-order valence-electron chi connectivity index (χ2n) is 4.83. The lowest BCUT2D eigenvalue weighted by Crippen LogP contribution is -2.41. The van der Waals surface area contributed by atoms with Crippen LogP contribution in [-0.2, 0) is 14.6 Å². The number of benzene rings is 1. The van der Waals surface area contributed by atoms with Gasteiger partial charge in [0.25, 0.3) is 0 Å². The monoisotopic (exact) mass is 316 g/mol. The lowest BCUT2D eigenvalue weighted by atomic mass is 10.2. The number of sulfone groups is 1. The van der Waals surface area contributed by atoms with Crippen molar-refractivity contribution in [1.82, 2.24) is 5.32 Å². The van der Waals surface area contributed by atoms with Crippen LogP contribution in [0.25, 0.3) is 0 Å². The van der Waals surface area contributed by atoms with E-state index in [1.165, 1.54) is 0 Å². The SMILES string of the molecule is O=C(CS(=O)(=O)C1CCCNC1)Nc1ccc(Cl)cc1. The molecule has 1 amide bonds. The number of rotatable bonds is 4. The summed E-state index contributed by atoms with van der Waals surface area (Å²) in [7, 11) is -3.41.